The van der Waals surface area contributed by atoms with Gasteiger partial charge in [0.2, 0.25) is 5.91 Å². The summed E-state index contributed by atoms with van der Waals surface area (Å²) in [5, 5.41) is 7.51. The standard InChI is InChI=1S/C25H21BrF3N5O2/c1-13-23(14(2)34(33-13)12-16-5-3-15(4-6-16)9-22(30)35)32-24(36)19-11-21(25(27,28)29)31-20-8-7-17(26)10-18(19)20/h3-8,10-11H,9,12H2,1-2H3,(H2,30,35)(H,32,36). The molecule has 0 aliphatic heterocycles. The summed E-state index contributed by atoms with van der Waals surface area (Å²) < 4.78 is 42.6. The number of primary amides is 1. The number of rotatable bonds is 6. The number of alkyl halides is 3. The molecule has 4 aromatic rings. The molecule has 11 heteroatoms. The molecule has 0 aliphatic rings. The second kappa shape index (κ2) is 9.73. The Morgan fingerprint density at radius 3 is 2.36 bits per heavy atom. The molecule has 2 aromatic carbocycles. The Morgan fingerprint density at radius 1 is 1.06 bits per heavy atom. The van der Waals surface area contributed by atoms with E-state index >= 15 is 0 Å². The topological polar surface area (TPSA) is 103 Å². The molecule has 36 heavy (non-hydrogen) atoms. The van der Waals surface area contributed by atoms with Crippen LogP contribution in [0, 0.1) is 13.8 Å². The average Bonchev–Trinajstić information content (AvgIpc) is 3.05. The second-order valence-corrected chi connectivity index (χ2v) is 9.25. The van der Waals surface area contributed by atoms with Crippen molar-refractivity contribution in [3.05, 3.63) is 86.8 Å². The monoisotopic (exact) mass is 559 g/mol. The maximum atomic E-state index is 13.5. The Bertz CT molecular complexity index is 1480. The maximum Gasteiger partial charge on any atom is 0.433 e. The molecule has 2 aromatic heterocycles. The first-order valence-electron chi connectivity index (χ1n) is 10.8. The van der Waals surface area contributed by atoms with E-state index in [4.69, 9.17) is 5.73 Å². The lowest BCUT2D eigenvalue weighted by molar-refractivity contribution is -0.141. The predicted molar refractivity (Wildman–Crippen MR) is 133 cm³/mol. The summed E-state index contributed by atoms with van der Waals surface area (Å²) in [6.07, 6.45) is -4.56. The molecular formula is C25H21BrF3N5O2. The third-order valence-corrected chi connectivity index (χ3v) is 6.15. The SMILES string of the molecule is Cc1nn(Cc2ccc(CC(N)=O)cc2)c(C)c1NC(=O)c1cc(C(F)(F)F)nc2ccc(Br)cc12. The van der Waals surface area contributed by atoms with Gasteiger partial charge in [-0.15, -0.1) is 0 Å². The number of hydrogen-bond acceptors (Lipinski definition) is 4. The molecular weight excluding hydrogens is 539 g/mol. The van der Waals surface area contributed by atoms with Crippen LogP contribution < -0.4 is 11.1 Å². The Morgan fingerprint density at radius 2 is 1.72 bits per heavy atom. The zero-order chi connectivity index (χ0) is 26.2. The summed E-state index contributed by atoms with van der Waals surface area (Å²) >= 11 is 3.30. The van der Waals surface area contributed by atoms with Gasteiger partial charge in [0.25, 0.3) is 5.91 Å². The van der Waals surface area contributed by atoms with Crippen molar-refractivity contribution in [2.45, 2.75) is 33.0 Å². The van der Waals surface area contributed by atoms with Gasteiger partial charge in [-0.1, -0.05) is 40.2 Å². The zero-order valence-electron chi connectivity index (χ0n) is 19.3. The van der Waals surface area contributed by atoms with Crippen molar-refractivity contribution in [1.82, 2.24) is 14.8 Å². The highest BCUT2D eigenvalue weighted by atomic mass is 79.9. The molecule has 0 saturated heterocycles. The number of amides is 2. The molecule has 4 rings (SSSR count). The van der Waals surface area contributed by atoms with Gasteiger partial charge >= 0.3 is 6.18 Å². The quantitative estimate of drug-likeness (QED) is 0.340. The molecule has 7 nitrogen and oxygen atoms in total. The van der Waals surface area contributed by atoms with Gasteiger partial charge in [0, 0.05) is 9.86 Å². The largest absolute Gasteiger partial charge is 0.433 e. The lowest BCUT2D eigenvalue weighted by Gasteiger charge is -2.13. The van der Waals surface area contributed by atoms with Crippen LogP contribution in [0.15, 0.2) is 53.0 Å². The van der Waals surface area contributed by atoms with Crippen molar-refractivity contribution in [1.29, 1.82) is 0 Å². The van der Waals surface area contributed by atoms with E-state index in [2.05, 4.69) is 31.3 Å². The van der Waals surface area contributed by atoms with Gasteiger partial charge in [-0.05, 0) is 49.2 Å². The first-order valence-corrected chi connectivity index (χ1v) is 11.6. The number of hydrogen-bond donors (Lipinski definition) is 2. The molecule has 0 saturated carbocycles. The fourth-order valence-corrected chi connectivity index (χ4v) is 4.24. The third-order valence-electron chi connectivity index (χ3n) is 5.66. The van der Waals surface area contributed by atoms with Gasteiger partial charge in [-0.3, -0.25) is 14.3 Å². The van der Waals surface area contributed by atoms with Crippen LogP contribution in [-0.2, 0) is 23.9 Å². The molecule has 2 amide bonds. The number of nitrogens with zero attached hydrogens (tertiary/aromatic N) is 3. The smallest absolute Gasteiger partial charge is 0.369 e. The number of nitrogens with two attached hydrogens (primary N) is 1. The van der Waals surface area contributed by atoms with Crippen LogP contribution in [-0.4, -0.2) is 26.6 Å². The third kappa shape index (κ3) is 5.40. The van der Waals surface area contributed by atoms with E-state index in [1.165, 1.54) is 6.07 Å². The normalized spacial score (nSPS) is 11.6. The highest BCUT2D eigenvalue weighted by molar-refractivity contribution is 9.10. The van der Waals surface area contributed by atoms with E-state index < -0.39 is 23.7 Å². The zero-order valence-corrected chi connectivity index (χ0v) is 20.9. The first-order chi connectivity index (χ1) is 16.9. The van der Waals surface area contributed by atoms with Gasteiger partial charge in [-0.2, -0.15) is 18.3 Å². The van der Waals surface area contributed by atoms with Crippen LogP contribution in [0.3, 0.4) is 0 Å². The summed E-state index contributed by atoms with van der Waals surface area (Å²) in [7, 11) is 0. The molecule has 0 aliphatic carbocycles. The Kier molecular flexibility index (Phi) is 6.85. The van der Waals surface area contributed by atoms with Gasteiger partial charge < -0.3 is 11.1 Å². The van der Waals surface area contributed by atoms with E-state index in [-0.39, 0.29) is 22.9 Å². The Labute approximate surface area is 212 Å². The lowest BCUT2D eigenvalue weighted by atomic mass is 10.1. The van der Waals surface area contributed by atoms with E-state index in [0.29, 0.717) is 28.1 Å². The van der Waals surface area contributed by atoms with Gasteiger partial charge in [0.05, 0.1) is 41.1 Å². The number of anilines is 1. The molecule has 186 valence electrons. The molecule has 0 fully saturated rings. The van der Waals surface area contributed by atoms with E-state index in [1.807, 2.05) is 12.1 Å². The number of benzene rings is 2. The molecule has 3 N–H and O–H groups in total. The minimum Gasteiger partial charge on any atom is -0.369 e. The number of halogens is 4. The predicted octanol–water partition coefficient (Wildman–Crippen LogP) is 5.16. The van der Waals surface area contributed by atoms with Gasteiger partial charge in [0.15, 0.2) is 0 Å². The minimum atomic E-state index is -4.71. The second-order valence-electron chi connectivity index (χ2n) is 8.33. The summed E-state index contributed by atoms with van der Waals surface area (Å²) in [6.45, 7) is 3.86. The Hall–Kier alpha value is -3.73. The number of fused-ring (bicyclic) bond motifs is 1. The van der Waals surface area contributed by atoms with Gasteiger partial charge in [-0.25, -0.2) is 4.98 Å². The van der Waals surface area contributed by atoms with Crippen LogP contribution in [0.1, 0.15) is 38.6 Å². The molecule has 0 radical (unpaired) electrons. The minimum absolute atomic E-state index is 0.0575. The van der Waals surface area contributed by atoms with Crippen molar-refractivity contribution in [2.24, 2.45) is 5.73 Å². The van der Waals surface area contributed by atoms with Crippen LogP contribution in [0.25, 0.3) is 10.9 Å². The summed E-state index contributed by atoms with van der Waals surface area (Å²) in [6, 6.07) is 12.6. The Balaban J connectivity index is 1.64. The van der Waals surface area contributed by atoms with Crippen molar-refractivity contribution in [3.8, 4) is 0 Å². The van der Waals surface area contributed by atoms with Gasteiger partial charge in [0.1, 0.15) is 5.69 Å². The fraction of sp³-hybridized carbons (Fsp3) is 0.200. The molecule has 0 spiro atoms. The molecule has 0 unspecified atom stereocenters. The van der Waals surface area contributed by atoms with Crippen LogP contribution in [0.4, 0.5) is 18.9 Å². The summed E-state index contributed by atoms with van der Waals surface area (Å²) in [4.78, 5) is 28.0. The first kappa shape index (κ1) is 25.4. The molecule has 2 heterocycles. The van der Waals surface area contributed by atoms with Crippen LogP contribution in [0.5, 0.6) is 0 Å². The molecule has 0 bridgehead atoms. The number of carbonyl (C=O) groups excluding carboxylic acids is 2. The van der Waals surface area contributed by atoms with Crippen LogP contribution >= 0.6 is 15.9 Å². The summed E-state index contributed by atoms with van der Waals surface area (Å²) in [5.41, 5.74) is 7.26. The van der Waals surface area contributed by atoms with Crippen molar-refractivity contribution in [3.63, 3.8) is 0 Å². The molecule has 0 atom stereocenters. The number of pyridine rings is 1. The highest BCUT2D eigenvalue weighted by Crippen LogP contribution is 2.32. The summed E-state index contributed by atoms with van der Waals surface area (Å²) in [5.74, 6) is -1.12. The number of carbonyl (C=O) groups is 2. The lowest BCUT2D eigenvalue weighted by Crippen LogP contribution is -2.17. The number of aryl methyl sites for hydroxylation is 1. The highest BCUT2D eigenvalue weighted by Gasteiger charge is 2.34. The van der Waals surface area contributed by atoms with Crippen molar-refractivity contribution < 1.29 is 22.8 Å². The van der Waals surface area contributed by atoms with Crippen molar-refractivity contribution in [2.75, 3.05) is 5.32 Å². The average molecular weight is 560 g/mol. The van der Waals surface area contributed by atoms with E-state index in [1.54, 1.807) is 42.8 Å². The number of aromatic nitrogens is 3. The maximum absolute atomic E-state index is 13.5. The fourth-order valence-electron chi connectivity index (χ4n) is 3.88. The number of nitrogens with one attached hydrogen (secondary N) is 1. The van der Waals surface area contributed by atoms with Crippen LogP contribution in [0.2, 0.25) is 0 Å². The van der Waals surface area contributed by atoms with E-state index in [0.717, 1.165) is 17.2 Å². The van der Waals surface area contributed by atoms with Crippen molar-refractivity contribution >= 4 is 44.3 Å². The van der Waals surface area contributed by atoms with E-state index in [9.17, 15) is 22.8 Å².